The van der Waals surface area contributed by atoms with Gasteiger partial charge in [-0.05, 0) is 44.0 Å². The molecule has 0 unspecified atom stereocenters. The van der Waals surface area contributed by atoms with Gasteiger partial charge in [-0.3, -0.25) is 9.69 Å². The smallest absolute Gasteiger partial charge is 0.250 e. The van der Waals surface area contributed by atoms with Crippen LogP contribution < -0.4 is 15.4 Å². The molecule has 0 bridgehead atoms. The van der Waals surface area contributed by atoms with Crippen LogP contribution in [0.25, 0.3) is 0 Å². The summed E-state index contributed by atoms with van der Waals surface area (Å²) in [5, 5.41) is 11.0. The molecule has 7 heteroatoms. The summed E-state index contributed by atoms with van der Waals surface area (Å²) in [4.78, 5) is 16.0. The second-order valence-corrected chi connectivity index (χ2v) is 7.56. The number of ether oxygens (including phenoxy) is 2. The predicted molar refractivity (Wildman–Crippen MR) is 99.4 cm³/mol. The molecule has 1 aromatic carbocycles. The molecule has 7 nitrogen and oxygen atoms in total. The number of carbonyl (C=O) groups is 1. The standard InChI is InChI=1S/C19H29N3O4/c1-18(17(20)23)13-21(11-12-26-18)14-19(24)7-9-22(10-8-19)15-3-5-16(25-2)6-4-15/h3-6,24H,7-14H2,1-2H3,(H2,20,23)/t18-/m1/s1. The number of amides is 1. The van der Waals surface area contributed by atoms with Crippen molar-refractivity contribution in [1.29, 1.82) is 0 Å². The molecule has 2 heterocycles. The molecule has 1 amide bonds. The highest BCUT2D eigenvalue weighted by Gasteiger charge is 2.41. The van der Waals surface area contributed by atoms with Crippen LogP contribution in [0.3, 0.4) is 0 Å². The lowest BCUT2D eigenvalue weighted by atomic mass is 9.89. The van der Waals surface area contributed by atoms with Crippen molar-refractivity contribution in [2.75, 3.05) is 51.3 Å². The normalized spacial score (nSPS) is 26.5. The van der Waals surface area contributed by atoms with E-state index in [-0.39, 0.29) is 0 Å². The molecule has 3 rings (SSSR count). The molecule has 0 saturated carbocycles. The van der Waals surface area contributed by atoms with Gasteiger partial charge in [-0.15, -0.1) is 0 Å². The molecule has 2 saturated heterocycles. The van der Waals surface area contributed by atoms with Crippen molar-refractivity contribution in [3.05, 3.63) is 24.3 Å². The summed E-state index contributed by atoms with van der Waals surface area (Å²) in [7, 11) is 1.66. The number of aliphatic hydroxyl groups is 1. The van der Waals surface area contributed by atoms with Crippen molar-refractivity contribution in [2.24, 2.45) is 5.73 Å². The number of rotatable bonds is 5. The molecule has 144 valence electrons. The van der Waals surface area contributed by atoms with E-state index in [4.69, 9.17) is 15.2 Å². The zero-order valence-corrected chi connectivity index (χ0v) is 15.6. The zero-order valence-electron chi connectivity index (χ0n) is 15.6. The van der Waals surface area contributed by atoms with Crippen molar-refractivity contribution >= 4 is 11.6 Å². The van der Waals surface area contributed by atoms with Gasteiger partial charge in [0.15, 0.2) is 5.60 Å². The average Bonchev–Trinajstić information content (AvgIpc) is 2.62. The second kappa shape index (κ2) is 7.42. The van der Waals surface area contributed by atoms with Gasteiger partial charge in [0.2, 0.25) is 0 Å². The minimum absolute atomic E-state index is 0.423. The van der Waals surface area contributed by atoms with E-state index in [1.807, 2.05) is 24.3 Å². The highest BCUT2D eigenvalue weighted by atomic mass is 16.5. The van der Waals surface area contributed by atoms with E-state index >= 15 is 0 Å². The van der Waals surface area contributed by atoms with Crippen LogP contribution in [0, 0.1) is 0 Å². The number of methoxy groups -OCH3 is 1. The fourth-order valence-electron chi connectivity index (χ4n) is 3.78. The van der Waals surface area contributed by atoms with Gasteiger partial charge in [-0.2, -0.15) is 0 Å². The molecular weight excluding hydrogens is 334 g/mol. The van der Waals surface area contributed by atoms with Crippen molar-refractivity contribution in [3.8, 4) is 5.75 Å². The number of primary amides is 1. The molecule has 3 N–H and O–H groups in total. The topological polar surface area (TPSA) is 88.3 Å². The number of nitrogens with zero attached hydrogens (tertiary/aromatic N) is 2. The van der Waals surface area contributed by atoms with Crippen molar-refractivity contribution in [1.82, 2.24) is 4.90 Å². The summed E-state index contributed by atoms with van der Waals surface area (Å²) in [6.45, 7) is 5.42. The summed E-state index contributed by atoms with van der Waals surface area (Å²) in [5.74, 6) is 0.385. The number of benzene rings is 1. The van der Waals surface area contributed by atoms with Gasteiger partial charge in [0, 0.05) is 38.4 Å². The Labute approximate surface area is 154 Å². The molecule has 2 fully saturated rings. The third kappa shape index (κ3) is 4.11. The van der Waals surface area contributed by atoms with E-state index < -0.39 is 17.1 Å². The summed E-state index contributed by atoms with van der Waals surface area (Å²) in [5.41, 5.74) is 4.88. The minimum atomic E-state index is -0.974. The van der Waals surface area contributed by atoms with Crippen LogP contribution in [0.1, 0.15) is 19.8 Å². The second-order valence-electron chi connectivity index (χ2n) is 7.56. The van der Waals surface area contributed by atoms with Crippen LogP contribution in [0.5, 0.6) is 5.75 Å². The summed E-state index contributed by atoms with van der Waals surface area (Å²) in [6, 6.07) is 8.00. The van der Waals surface area contributed by atoms with Crippen LogP contribution in [-0.2, 0) is 9.53 Å². The lowest BCUT2D eigenvalue weighted by Crippen LogP contribution is -2.60. The van der Waals surface area contributed by atoms with E-state index in [1.165, 1.54) is 0 Å². The van der Waals surface area contributed by atoms with Crippen molar-refractivity contribution < 1.29 is 19.4 Å². The van der Waals surface area contributed by atoms with Crippen LogP contribution in [0.2, 0.25) is 0 Å². The molecule has 1 aromatic rings. The molecule has 0 aromatic heterocycles. The third-order valence-electron chi connectivity index (χ3n) is 5.52. The first-order chi connectivity index (χ1) is 12.3. The number of hydrogen-bond acceptors (Lipinski definition) is 6. The van der Waals surface area contributed by atoms with Crippen molar-refractivity contribution in [2.45, 2.75) is 31.0 Å². The third-order valence-corrected chi connectivity index (χ3v) is 5.52. The Bertz CT molecular complexity index is 628. The van der Waals surface area contributed by atoms with E-state index in [1.54, 1.807) is 14.0 Å². The van der Waals surface area contributed by atoms with E-state index in [0.29, 0.717) is 39.1 Å². The first kappa shape index (κ1) is 18.9. The molecule has 1 atom stereocenters. The van der Waals surface area contributed by atoms with Gasteiger partial charge < -0.3 is 25.2 Å². The molecule has 2 aliphatic rings. The predicted octanol–water partition coefficient (Wildman–Crippen LogP) is 0.603. The van der Waals surface area contributed by atoms with Gasteiger partial charge in [-0.1, -0.05) is 0 Å². The van der Waals surface area contributed by atoms with Gasteiger partial charge in [-0.25, -0.2) is 0 Å². The number of β-amino-alcohol motifs (C(OH)–C–C–N with tert-alkyl or cyclic N) is 1. The van der Waals surface area contributed by atoms with Crippen LogP contribution in [0.15, 0.2) is 24.3 Å². The fourth-order valence-corrected chi connectivity index (χ4v) is 3.78. The van der Waals surface area contributed by atoms with E-state index in [2.05, 4.69) is 9.80 Å². The van der Waals surface area contributed by atoms with Crippen molar-refractivity contribution in [3.63, 3.8) is 0 Å². The van der Waals surface area contributed by atoms with E-state index in [9.17, 15) is 9.90 Å². The first-order valence-corrected chi connectivity index (χ1v) is 9.11. The molecule has 0 aliphatic carbocycles. The zero-order chi connectivity index (χ0) is 18.8. The maximum Gasteiger partial charge on any atom is 0.250 e. The average molecular weight is 363 g/mol. The van der Waals surface area contributed by atoms with Gasteiger partial charge in [0.25, 0.3) is 5.91 Å². The Hall–Kier alpha value is -1.83. The first-order valence-electron chi connectivity index (χ1n) is 9.11. The monoisotopic (exact) mass is 363 g/mol. The number of carbonyl (C=O) groups excluding carboxylic acids is 1. The fraction of sp³-hybridized carbons (Fsp3) is 0.632. The Kier molecular flexibility index (Phi) is 5.41. The maximum atomic E-state index is 11.6. The minimum Gasteiger partial charge on any atom is -0.497 e. The molecule has 0 radical (unpaired) electrons. The SMILES string of the molecule is COc1ccc(N2CCC(O)(CN3CCO[C@@](C)(C(N)=O)C3)CC2)cc1. The quantitative estimate of drug-likeness (QED) is 0.797. The number of anilines is 1. The molecule has 26 heavy (non-hydrogen) atoms. The molecule has 0 spiro atoms. The van der Waals surface area contributed by atoms with Gasteiger partial charge in [0.1, 0.15) is 5.75 Å². The van der Waals surface area contributed by atoms with Crippen LogP contribution in [0.4, 0.5) is 5.69 Å². The number of morpholine rings is 1. The number of hydrogen-bond donors (Lipinski definition) is 2. The Morgan fingerprint density at radius 1 is 1.27 bits per heavy atom. The van der Waals surface area contributed by atoms with Crippen LogP contribution >= 0.6 is 0 Å². The van der Waals surface area contributed by atoms with Gasteiger partial charge >= 0.3 is 0 Å². The largest absolute Gasteiger partial charge is 0.497 e. The molecule has 2 aliphatic heterocycles. The Morgan fingerprint density at radius 3 is 2.50 bits per heavy atom. The lowest BCUT2D eigenvalue weighted by Gasteiger charge is -2.45. The van der Waals surface area contributed by atoms with E-state index in [0.717, 1.165) is 24.5 Å². The Morgan fingerprint density at radius 2 is 1.92 bits per heavy atom. The highest BCUT2D eigenvalue weighted by molar-refractivity contribution is 5.83. The summed E-state index contributed by atoms with van der Waals surface area (Å²) >= 11 is 0. The van der Waals surface area contributed by atoms with Crippen LogP contribution in [-0.4, -0.2) is 73.6 Å². The molecular formula is C19H29N3O4. The number of piperidine rings is 1. The number of nitrogens with two attached hydrogens (primary N) is 1. The lowest BCUT2D eigenvalue weighted by molar-refractivity contribution is -0.157. The summed E-state index contributed by atoms with van der Waals surface area (Å²) < 4.78 is 10.8. The van der Waals surface area contributed by atoms with Gasteiger partial charge in [0.05, 0.1) is 19.3 Å². The highest BCUT2D eigenvalue weighted by Crippen LogP contribution is 2.29. The summed E-state index contributed by atoms with van der Waals surface area (Å²) in [6.07, 6.45) is 1.37. The maximum absolute atomic E-state index is 11.6. The Balaban J connectivity index is 1.56.